The molecule has 1 fully saturated rings. The minimum atomic E-state index is -0.569. The quantitative estimate of drug-likeness (QED) is 0.610. The van der Waals surface area contributed by atoms with Gasteiger partial charge in [-0.3, -0.25) is 9.80 Å². The number of hydrogen-bond donors (Lipinski definition) is 1. The van der Waals surface area contributed by atoms with Crippen LogP contribution in [0.2, 0.25) is 0 Å². The largest absolute Gasteiger partial charge is 0.497 e. The first kappa shape index (κ1) is 22.6. The number of methoxy groups -OCH3 is 1. The average molecular weight is 415 g/mol. The number of ether oxygens (including phenoxy) is 3. The Kier molecular flexibility index (Phi) is 8.96. The maximum absolute atomic E-state index is 10.6. The van der Waals surface area contributed by atoms with Gasteiger partial charge in [0.1, 0.15) is 24.2 Å². The molecule has 1 atom stereocenters. The van der Waals surface area contributed by atoms with Gasteiger partial charge in [0.05, 0.1) is 20.3 Å². The van der Waals surface area contributed by atoms with Crippen molar-refractivity contribution in [3.63, 3.8) is 0 Å². The van der Waals surface area contributed by atoms with E-state index in [1.54, 1.807) is 7.11 Å². The van der Waals surface area contributed by atoms with Gasteiger partial charge in [0.15, 0.2) is 0 Å². The number of aliphatic hydroxyl groups is 1. The topological polar surface area (TPSA) is 54.4 Å². The summed E-state index contributed by atoms with van der Waals surface area (Å²) in [6, 6.07) is 15.9. The van der Waals surface area contributed by atoms with Crippen LogP contribution in [0.3, 0.4) is 0 Å². The molecule has 164 valence electrons. The maximum Gasteiger partial charge on any atom is 0.119 e. The van der Waals surface area contributed by atoms with Crippen LogP contribution in [0.1, 0.15) is 11.1 Å². The molecule has 0 radical (unpaired) electrons. The smallest absolute Gasteiger partial charge is 0.119 e. The number of hydrogen-bond acceptors (Lipinski definition) is 6. The fraction of sp³-hybridized carbons (Fsp3) is 0.500. The van der Waals surface area contributed by atoms with E-state index in [-0.39, 0.29) is 6.61 Å². The van der Waals surface area contributed by atoms with Crippen molar-refractivity contribution in [1.82, 2.24) is 9.80 Å². The zero-order valence-corrected chi connectivity index (χ0v) is 18.1. The van der Waals surface area contributed by atoms with Crippen molar-refractivity contribution >= 4 is 0 Å². The summed E-state index contributed by atoms with van der Waals surface area (Å²) < 4.78 is 16.4. The molecule has 3 rings (SSSR count). The molecule has 0 aromatic heterocycles. The SMILES string of the molecule is COc1ccc(OC[C@H](O)CN(CCN2CCOCC2)Cc2ccccc2C)cc1. The monoisotopic (exact) mass is 414 g/mol. The van der Waals surface area contributed by atoms with Gasteiger partial charge in [-0.2, -0.15) is 0 Å². The summed E-state index contributed by atoms with van der Waals surface area (Å²) in [5.74, 6) is 1.52. The van der Waals surface area contributed by atoms with Crippen LogP contribution in [0.15, 0.2) is 48.5 Å². The molecule has 1 aliphatic rings. The van der Waals surface area contributed by atoms with E-state index < -0.39 is 6.10 Å². The van der Waals surface area contributed by atoms with Gasteiger partial charge in [-0.05, 0) is 42.3 Å². The van der Waals surface area contributed by atoms with Crippen molar-refractivity contribution in [2.45, 2.75) is 19.6 Å². The molecule has 6 heteroatoms. The summed E-state index contributed by atoms with van der Waals surface area (Å²) in [7, 11) is 1.64. The lowest BCUT2D eigenvalue weighted by atomic mass is 10.1. The molecule has 0 saturated carbocycles. The Bertz CT molecular complexity index is 747. The minimum Gasteiger partial charge on any atom is -0.497 e. The van der Waals surface area contributed by atoms with Gasteiger partial charge in [-0.15, -0.1) is 0 Å². The molecule has 0 unspecified atom stereocenters. The Balaban J connectivity index is 1.54. The fourth-order valence-corrected chi connectivity index (χ4v) is 3.59. The van der Waals surface area contributed by atoms with Crippen molar-refractivity contribution < 1.29 is 19.3 Å². The summed E-state index contributed by atoms with van der Waals surface area (Å²) in [4.78, 5) is 4.74. The lowest BCUT2D eigenvalue weighted by molar-refractivity contribution is 0.0255. The first-order valence-electron chi connectivity index (χ1n) is 10.7. The van der Waals surface area contributed by atoms with Crippen molar-refractivity contribution in [1.29, 1.82) is 0 Å². The second-order valence-electron chi connectivity index (χ2n) is 7.76. The zero-order chi connectivity index (χ0) is 21.2. The van der Waals surface area contributed by atoms with E-state index in [0.717, 1.165) is 57.4 Å². The molecule has 2 aromatic rings. The van der Waals surface area contributed by atoms with Crippen LogP contribution in [-0.2, 0) is 11.3 Å². The van der Waals surface area contributed by atoms with E-state index in [1.165, 1.54) is 11.1 Å². The summed E-state index contributed by atoms with van der Waals surface area (Å²) in [6.45, 7) is 9.20. The molecule has 1 heterocycles. The molecule has 1 saturated heterocycles. The molecule has 0 amide bonds. The molecule has 0 spiro atoms. The van der Waals surface area contributed by atoms with E-state index in [2.05, 4.69) is 41.0 Å². The van der Waals surface area contributed by atoms with Crippen molar-refractivity contribution in [3.8, 4) is 11.5 Å². The van der Waals surface area contributed by atoms with Gasteiger partial charge in [-0.25, -0.2) is 0 Å². The zero-order valence-electron chi connectivity index (χ0n) is 18.1. The van der Waals surface area contributed by atoms with E-state index >= 15 is 0 Å². The molecule has 0 bridgehead atoms. The van der Waals surface area contributed by atoms with Gasteiger partial charge < -0.3 is 19.3 Å². The van der Waals surface area contributed by atoms with Crippen molar-refractivity contribution in [3.05, 3.63) is 59.7 Å². The molecule has 1 aliphatic heterocycles. The highest BCUT2D eigenvalue weighted by Gasteiger charge is 2.17. The predicted octanol–water partition coefficient (Wildman–Crippen LogP) is 2.58. The average Bonchev–Trinajstić information content (AvgIpc) is 2.78. The molecule has 0 aliphatic carbocycles. The minimum absolute atomic E-state index is 0.258. The Morgan fingerprint density at radius 1 is 1.07 bits per heavy atom. The number of aliphatic hydroxyl groups excluding tert-OH is 1. The van der Waals surface area contributed by atoms with E-state index in [1.807, 2.05) is 24.3 Å². The first-order valence-corrected chi connectivity index (χ1v) is 10.7. The highest BCUT2D eigenvalue weighted by atomic mass is 16.5. The van der Waals surface area contributed by atoms with Crippen LogP contribution in [0, 0.1) is 6.92 Å². The van der Waals surface area contributed by atoms with Crippen molar-refractivity contribution in [2.24, 2.45) is 0 Å². The third-order valence-electron chi connectivity index (χ3n) is 5.46. The molecular formula is C24H34N2O4. The number of morpholine rings is 1. The Labute approximate surface area is 180 Å². The van der Waals surface area contributed by atoms with Crippen molar-refractivity contribution in [2.75, 3.05) is 59.7 Å². The summed E-state index contributed by atoms with van der Waals surface area (Å²) in [5, 5.41) is 10.6. The van der Waals surface area contributed by atoms with Gasteiger partial charge in [-0.1, -0.05) is 24.3 Å². The van der Waals surface area contributed by atoms with Gasteiger partial charge in [0.25, 0.3) is 0 Å². The van der Waals surface area contributed by atoms with Crippen LogP contribution in [0.25, 0.3) is 0 Å². The number of rotatable bonds is 11. The van der Waals surface area contributed by atoms with Crippen LogP contribution >= 0.6 is 0 Å². The third kappa shape index (κ3) is 7.29. The lowest BCUT2D eigenvalue weighted by Gasteiger charge is -2.31. The summed E-state index contributed by atoms with van der Waals surface area (Å²) >= 11 is 0. The second-order valence-corrected chi connectivity index (χ2v) is 7.76. The lowest BCUT2D eigenvalue weighted by Crippen LogP contribution is -2.43. The van der Waals surface area contributed by atoms with E-state index in [4.69, 9.17) is 14.2 Å². The molecule has 1 N–H and O–H groups in total. The van der Waals surface area contributed by atoms with Gasteiger partial charge in [0, 0.05) is 39.3 Å². The second kappa shape index (κ2) is 11.9. The fourth-order valence-electron chi connectivity index (χ4n) is 3.59. The Hall–Kier alpha value is -2.12. The third-order valence-corrected chi connectivity index (χ3v) is 5.46. The molecule has 2 aromatic carbocycles. The molecule has 6 nitrogen and oxygen atoms in total. The summed E-state index contributed by atoms with van der Waals surface area (Å²) in [6.07, 6.45) is -0.569. The first-order chi connectivity index (χ1) is 14.6. The number of aryl methyl sites for hydroxylation is 1. The van der Waals surface area contributed by atoms with Crippen LogP contribution in [0.5, 0.6) is 11.5 Å². The Morgan fingerprint density at radius 3 is 2.47 bits per heavy atom. The maximum atomic E-state index is 10.6. The molecule has 30 heavy (non-hydrogen) atoms. The summed E-state index contributed by atoms with van der Waals surface area (Å²) in [5.41, 5.74) is 2.57. The Morgan fingerprint density at radius 2 is 1.77 bits per heavy atom. The van der Waals surface area contributed by atoms with E-state index in [9.17, 15) is 5.11 Å². The number of nitrogens with zero attached hydrogens (tertiary/aromatic N) is 2. The molecular weight excluding hydrogens is 380 g/mol. The van der Waals surface area contributed by atoms with E-state index in [0.29, 0.717) is 6.54 Å². The van der Waals surface area contributed by atoms with Crippen LogP contribution < -0.4 is 9.47 Å². The van der Waals surface area contributed by atoms with Gasteiger partial charge >= 0.3 is 0 Å². The number of benzene rings is 2. The highest BCUT2D eigenvalue weighted by Crippen LogP contribution is 2.17. The highest BCUT2D eigenvalue weighted by molar-refractivity contribution is 5.31. The normalized spacial score (nSPS) is 15.9. The standard InChI is InChI=1S/C24H34N2O4/c1-20-5-3-4-6-21(20)17-26(12-11-25-13-15-29-16-14-25)18-22(27)19-30-24-9-7-23(28-2)8-10-24/h3-10,22,27H,11-19H2,1-2H3/t22-/m1/s1. The van der Waals surface area contributed by atoms with Crippen LogP contribution in [0.4, 0.5) is 0 Å². The predicted molar refractivity (Wildman–Crippen MR) is 118 cm³/mol. The van der Waals surface area contributed by atoms with Gasteiger partial charge in [0.2, 0.25) is 0 Å². The van der Waals surface area contributed by atoms with Crippen LogP contribution in [-0.4, -0.2) is 80.7 Å².